The molecule has 0 bridgehead atoms. The van der Waals surface area contributed by atoms with E-state index in [1.165, 1.54) is 11.1 Å². The number of esters is 1. The maximum absolute atomic E-state index is 12.5. The third kappa shape index (κ3) is 6.10. The van der Waals surface area contributed by atoms with E-state index in [1.54, 1.807) is 23.2 Å². The van der Waals surface area contributed by atoms with Crippen LogP contribution in [0.2, 0.25) is 0 Å². The van der Waals surface area contributed by atoms with Crippen LogP contribution in [0.4, 0.5) is 0 Å². The molecule has 0 radical (unpaired) electrons. The van der Waals surface area contributed by atoms with Gasteiger partial charge in [0.15, 0.2) is 8.38 Å². The van der Waals surface area contributed by atoms with Gasteiger partial charge < -0.3 is 18.5 Å². The summed E-state index contributed by atoms with van der Waals surface area (Å²) in [4.78, 5) is 12.5. The molecule has 0 unspecified atom stereocenters. The van der Waals surface area contributed by atoms with E-state index in [9.17, 15) is 4.79 Å². The molecule has 0 aromatic heterocycles. The molecule has 1 heterocycles. The average molecular weight is 552 g/mol. The van der Waals surface area contributed by atoms with Gasteiger partial charge >= 0.3 is 5.97 Å². The van der Waals surface area contributed by atoms with E-state index >= 15 is 0 Å². The predicted octanol–water partition coefficient (Wildman–Crippen LogP) is 6.17. The number of cyclic esters (lactones) is 1. The molecule has 1 aliphatic rings. The highest BCUT2D eigenvalue weighted by Gasteiger charge is 2.32. The van der Waals surface area contributed by atoms with Gasteiger partial charge in [-0.3, -0.25) is 0 Å². The fourth-order valence-electron chi connectivity index (χ4n) is 3.59. The van der Waals surface area contributed by atoms with Crippen molar-refractivity contribution < 1.29 is 23.3 Å². The molecule has 0 atom stereocenters. The quantitative estimate of drug-likeness (QED) is 0.102. The number of fused-ring (bicyclic) bond motifs is 1. The Morgan fingerprint density at radius 3 is 2.59 bits per heavy atom. The first-order valence-corrected chi connectivity index (χ1v) is 14.7. The highest BCUT2D eigenvalue weighted by Crippen LogP contribution is 2.41. The van der Waals surface area contributed by atoms with Gasteiger partial charge in [0, 0.05) is 37.3 Å². The van der Waals surface area contributed by atoms with Gasteiger partial charge in [-0.15, -0.1) is 0 Å². The molecule has 2 rings (SSSR count). The average Bonchev–Trinajstić information content (AvgIpc) is 3.12. The third-order valence-electron chi connectivity index (χ3n) is 5.17. The Balaban J connectivity index is 2.47. The van der Waals surface area contributed by atoms with Crippen LogP contribution in [0, 0.1) is 6.92 Å². The zero-order valence-electron chi connectivity index (χ0n) is 17.8. The smallest absolute Gasteiger partial charge is 0.342 e. The molecule has 1 aliphatic heterocycles. The van der Waals surface area contributed by atoms with Crippen LogP contribution in [0.1, 0.15) is 52.9 Å². The van der Waals surface area contributed by atoms with E-state index in [0.717, 1.165) is 47.9 Å². The fraction of sp³-hybridized carbons (Fsp3) is 0.571. The van der Waals surface area contributed by atoms with Gasteiger partial charge in [-0.25, -0.2) is 4.79 Å². The molecular formula is C21H30IO5PS. The summed E-state index contributed by atoms with van der Waals surface area (Å²) in [5.74, 6) is 1.30. The van der Waals surface area contributed by atoms with Crippen molar-refractivity contribution in [2.75, 3.05) is 32.7 Å². The van der Waals surface area contributed by atoms with E-state index in [0.29, 0.717) is 24.5 Å². The van der Waals surface area contributed by atoms with Crippen LogP contribution < -0.4 is 4.74 Å². The summed E-state index contributed by atoms with van der Waals surface area (Å²) in [5, 5.41) is 0. The second-order valence-corrected chi connectivity index (χ2v) is 10.8. The Hall–Kier alpha value is -0.340. The van der Waals surface area contributed by atoms with Gasteiger partial charge in [-0.2, -0.15) is 0 Å². The maximum Gasteiger partial charge on any atom is 0.342 e. The molecule has 0 saturated heterocycles. The number of allylic oxidation sites excluding steroid dienone is 2. The molecule has 0 N–H and O–H groups in total. The van der Waals surface area contributed by atoms with Crippen molar-refractivity contribution in [3.63, 3.8) is 0 Å². The summed E-state index contributed by atoms with van der Waals surface area (Å²) in [7, 11) is 4.16. The lowest BCUT2D eigenvalue weighted by molar-refractivity contribution is 0.0532. The van der Waals surface area contributed by atoms with Crippen molar-refractivity contribution in [2.24, 2.45) is 0 Å². The van der Waals surface area contributed by atoms with Crippen molar-refractivity contribution in [3.05, 3.63) is 39.5 Å². The van der Waals surface area contributed by atoms with Crippen molar-refractivity contribution in [2.45, 2.75) is 46.6 Å². The van der Waals surface area contributed by atoms with Gasteiger partial charge in [0.2, 0.25) is 0 Å². The molecule has 8 heteroatoms. The normalized spacial score (nSPS) is 13.8. The van der Waals surface area contributed by atoms with Gasteiger partial charge in [0.05, 0.1) is 6.61 Å². The Morgan fingerprint density at radius 1 is 1.28 bits per heavy atom. The second-order valence-electron chi connectivity index (χ2n) is 6.63. The largest absolute Gasteiger partial charge is 0.491 e. The first-order valence-electron chi connectivity index (χ1n) is 9.76. The molecule has 1 aromatic rings. The Bertz CT molecular complexity index is 749. The highest BCUT2D eigenvalue weighted by molar-refractivity contribution is 14.2. The number of carbonyl (C=O) groups excluding carboxylic acids is 1. The summed E-state index contributed by atoms with van der Waals surface area (Å²) < 4.78 is 22.4. The van der Waals surface area contributed by atoms with Crippen LogP contribution in [0.25, 0.3) is 0 Å². The second kappa shape index (κ2) is 12.5. The van der Waals surface area contributed by atoms with Crippen LogP contribution in [0.3, 0.4) is 0 Å². The summed E-state index contributed by atoms with van der Waals surface area (Å²) in [6.45, 7) is 7.29. The van der Waals surface area contributed by atoms with Crippen LogP contribution >= 0.6 is 38.5 Å². The van der Waals surface area contributed by atoms with Crippen molar-refractivity contribution in [1.82, 2.24) is 0 Å². The molecule has 0 spiro atoms. The molecule has 162 valence electrons. The van der Waals surface area contributed by atoms with Crippen molar-refractivity contribution in [1.29, 1.82) is 0 Å². The summed E-state index contributed by atoms with van der Waals surface area (Å²) in [6, 6.07) is 0. The number of benzene rings is 1. The molecule has 0 saturated carbocycles. The van der Waals surface area contributed by atoms with Gasteiger partial charge in [-0.1, -0.05) is 34.4 Å². The molecule has 0 amide bonds. The summed E-state index contributed by atoms with van der Waals surface area (Å²) in [5.41, 5.74) is 6.40. The van der Waals surface area contributed by atoms with Crippen LogP contribution in [0.15, 0.2) is 11.6 Å². The van der Waals surface area contributed by atoms with Crippen LogP contribution in [0.5, 0.6) is 5.75 Å². The third-order valence-corrected chi connectivity index (χ3v) is 8.29. The Morgan fingerprint density at radius 2 is 2.00 bits per heavy atom. The number of ether oxygens (including phenoxy) is 2. The number of hydrogen-bond acceptors (Lipinski definition) is 6. The summed E-state index contributed by atoms with van der Waals surface area (Å²) in [6.07, 6.45) is 5.57. The Kier molecular flexibility index (Phi) is 10.7. The van der Waals surface area contributed by atoms with E-state index in [-0.39, 0.29) is 5.97 Å². The molecular weight excluding hydrogens is 522 g/mol. The van der Waals surface area contributed by atoms with Crippen LogP contribution in [-0.2, 0) is 33.2 Å². The molecule has 1 aromatic carbocycles. The number of carbonyl (C=O) groups is 1. The number of hydrogen-bond donors (Lipinski definition) is 0. The zero-order valence-corrected chi connectivity index (χ0v) is 21.7. The molecule has 5 nitrogen and oxygen atoms in total. The lowest BCUT2D eigenvalue weighted by Crippen LogP contribution is -2.11. The molecule has 0 aliphatic carbocycles. The number of halogens is 1. The SMILES string of the molecule is CC/C(=C\Cc1c(CC)c(C)c2c(c1OCCSI)C(=O)OC2)CP(OC)OC. The topological polar surface area (TPSA) is 54.0 Å². The lowest BCUT2D eigenvalue weighted by Gasteiger charge is -2.20. The monoisotopic (exact) mass is 552 g/mol. The Labute approximate surface area is 191 Å². The van der Waals surface area contributed by atoms with E-state index in [2.05, 4.69) is 48.1 Å². The zero-order chi connectivity index (χ0) is 21.4. The molecule has 29 heavy (non-hydrogen) atoms. The predicted molar refractivity (Wildman–Crippen MR) is 130 cm³/mol. The van der Waals surface area contributed by atoms with E-state index in [1.807, 2.05) is 0 Å². The minimum absolute atomic E-state index is 0.272. The van der Waals surface area contributed by atoms with Crippen molar-refractivity contribution >= 4 is 44.5 Å². The lowest BCUT2D eigenvalue weighted by atomic mass is 9.89. The van der Waals surface area contributed by atoms with Gasteiger partial charge in [-0.05, 0) is 58.5 Å². The van der Waals surface area contributed by atoms with E-state index in [4.69, 9.17) is 18.5 Å². The van der Waals surface area contributed by atoms with Crippen molar-refractivity contribution in [3.8, 4) is 5.75 Å². The highest BCUT2D eigenvalue weighted by atomic mass is 127. The fourth-order valence-corrected chi connectivity index (χ4v) is 5.37. The number of rotatable bonds is 12. The first-order chi connectivity index (χ1) is 14.0. The van der Waals surface area contributed by atoms with Gasteiger partial charge in [0.25, 0.3) is 0 Å². The van der Waals surface area contributed by atoms with E-state index < -0.39 is 8.38 Å². The maximum atomic E-state index is 12.5. The minimum Gasteiger partial charge on any atom is -0.491 e. The van der Waals surface area contributed by atoms with Crippen LogP contribution in [-0.4, -0.2) is 38.7 Å². The standard InChI is InChI=1S/C21H30IO5PS/c1-6-15(13-28(24-4)25-5)8-9-17-16(7-2)14(3)18-12-27-21(23)19(18)20(17)26-10-11-29-22/h8H,6-7,9-13H2,1-5H3/b15-8+. The summed E-state index contributed by atoms with van der Waals surface area (Å²) >= 11 is 2.26. The van der Waals surface area contributed by atoms with Gasteiger partial charge in [0.1, 0.15) is 17.9 Å². The molecule has 0 fully saturated rings. The minimum atomic E-state index is -0.908. The first kappa shape index (κ1) is 24.9.